The largest absolute Gasteiger partial charge is 0.497 e. The smallest absolute Gasteiger partial charge is 0.311 e. The highest BCUT2D eigenvalue weighted by molar-refractivity contribution is 8.02. The number of aliphatic hydroxyl groups excluding tert-OH is 1. The Hall–Kier alpha value is -2.78. The molecule has 1 aromatic rings. The van der Waals surface area contributed by atoms with Crippen LogP contribution in [-0.2, 0) is 19.1 Å². The first kappa shape index (κ1) is 31.2. The van der Waals surface area contributed by atoms with Gasteiger partial charge in [0.2, 0.25) is 5.91 Å². The van der Waals surface area contributed by atoms with E-state index in [1.165, 1.54) is 0 Å². The molecule has 3 fully saturated rings. The fraction of sp³-hybridized carbons (Fsp3) is 0.594. The Morgan fingerprint density at radius 3 is 2.49 bits per heavy atom. The number of amides is 2. The number of esters is 1. The molecule has 1 spiro atoms. The van der Waals surface area contributed by atoms with Crippen molar-refractivity contribution in [3.05, 3.63) is 49.6 Å². The van der Waals surface area contributed by atoms with E-state index in [0.717, 1.165) is 19.3 Å². The highest BCUT2D eigenvalue weighted by atomic mass is 32.2. The number of unbranched alkanes of at least 4 members (excludes halogenated alkanes) is 2. The number of ether oxygens (including phenoxy) is 2. The monoisotopic (exact) mass is 584 g/mol. The second-order valence-electron chi connectivity index (χ2n) is 11.9. The third-order valence-corrected chi connectivity index (χ3v) is 11.0. The van der Waals surface area contributed by atoms with Crippen LogP contribution in [0, 0.1) is 17.8 Å². The van der Waals surface area contributed by atoms with Gasteiger partial charge in [-0.2, -0.15) is 0 Å². The number of carbonyl (C=O) groups excluding carboxylic acids is 3. The normalized spacial score (nSPS) is 28.9. The predicted molar refractivity (Wildman–Crippen MR) is 162 cm³/mol. The molecule has 0 aliphatic carbocycles. The lowest BCUT2D eigenvalue weighted by Gasteiger charge is -2.40. The van der Waals surface area contributed by atoms with Crippen molar-refractivity contribution >= 4 is 35.2 Å². The number of fused-ring (bicyclic) bond motifs is 1. The van der Waals surface area contributed by atoms with Crippen LogP contribution >= 0.6 is 11.8 Å². The van der Waals surface area contributed by atoms with Crippen LogP contribution in [0.5, 0.6) is 5.75 Å². The maximum atomic E-state index is 14.7. The third kappa shape index (κ3) is 5.43. The van der Waals surface area contributed by atoms with Gasteiger partial charge in [-0.15, -0.1) is 24.9 Å². The number of aliphatic hydroxyl groups is 1. The molecule has 3 aliphatic rings. The molecule has 0 radical (unpaired) electrons. The average molecular weight is 585 g/mol. The first-order chi connectivity index (χ1) is 19.6. The van der Waals surface area contributed by atoms with Crippen molar-refractivity contribution in [1.82, 2.24) is 4.90 Å². The van der Waals surface area contributed by atoms with Gasteiger partial charge in [0, 0.05) is 17.0 Å². The molecule has 2 unspecified atom stereocenters. The fourth-order valence-corrected chi connectivity index (χ4v) is 9.32. The molecule has 41 heavy (non-hydrogen) atoms. The Morgan fingerprint density at radius 2 is 1.90 bits per heavy atom. The van der Waals surface area contributed by atoms with Crippen LogP contribution in [0.3, 0.4) is 0 Å². The summed E-state index contributed by atoms with van der Waals surface area (Å²) in [5, 5.41) is 10.5. The average Bonchev–Trinajstić information content (AvgIpc) is 3.52. The molecule has 9 heteroatoms. The number of likely N-dealkylation sites (tertiary alicyclic amines) is 1. The van der Waals surface area contributed by atoms with E-state index >= 15 is 0 Å². The number of benzene rings is 1. The molecular formula is C32H44N2O6S. The van der Waals surface area contributed by atoms with Gasteiger partial charge in [-0.1, -0.05) is 26.0 Å². The fourth-order valence-electron chi connectivity index (χ4n) is 6.99. The van der Waals surface area contributed by atoms with Gasteiger partial charge in [0.15, 0.2) is 0 Å². The van der Waals surface area contributed by atoms with Crippen LogP contribution in [0.4, 0.5) is 5.69 Å². The number of allylic oxidation sites excluding steroid dienone is 1. The van der Waals surface area contributed by atoms with Crippen molar-refractivity contribution < 1.29 is 29.0 Å². The molecule has 6 atom stereocenters. The minimum absolute atomic E-state index is 0.101. The summed E-state index contributed by atoms with van der Waals surface area (Å²) >= 11 is 1.60. The number of rotatable bonds is 14. The van der Waals surface area contributed by atoms with E-state index in [2.05, 4.69) is 13.2 Å². The summed E-state index contributed by atoms with van der Waals surface area (Å²) in [4.78, 5) is 46.0. The van der Waals surface area contributed by atoms with Gasteiger partial charge in [0.1, 0.15) is 11.8 Å². The quantitative estimate of drug-likeness (QED) is 0.194. The van der Waals surface area contributed by atoms with E-state index in [0.29, 0.717) is 30.9 Å². The van der Waals surface area contributed by atoms with Crippen molar-refractivity contribution in [2.24, 2.45) is 17.8 Å². The molecular weight excluding hydrogens is 540 g/mol. The maximum Gasteiger partial charge on any atom is 0.311 e. The summed E-state index contributed by atoms with van der Waals surface area (Å²) in [5.41, 5.74) is 0.660. The van der Waals surface area contributed by atoms with E-state index in [-0.39, 0.29) is 36.9 Å². The first-order valence-corrected chi connectivity index (χ1v) is 15.4. The molecule has 3 heterocycles. The van der Waals surface area contributed by atoms with E-state index < -0.39 is 33.4 Å². The van der Waals surface area contributed by atoms with Gasteiger partial charge in [0.25, 0.3) is 5.91 Å². The third-order valence-electron chi connectivity index (χ3n) is 9.02. The van der Waals surface area contributed by atoms with E-state index in [9.17, 15) is 19.5 Å². The van der Waals surface area contributed by atoms with Gasteiger partial charge in [0.05, 0.1) is 42.9 Å². The number of methoxy groups -OCH3 is 1. The molecule has 2 amide bonds. The van der Waals surface area contributed by atoms with Gasteiger partial charge in [-0.05, 0) is 69.2 Å². The summed E-state index contributed by atoms with van der Waals surface area (Å²) < 4.78 is 9.75. The summed E-state index contributed by atoms with van der Waals surface area (Å²) in [6.07, 6.45) is 7.29. The van der Waals surface area contributed by atoms with Crippen LogP contribution in [0.2, 0.25) is 0 Å². The highest BCUT2D eigenvalue weighted by Crippen LogP contribution is 2.72. The Morgan fingerprint density at radius 1 is 1.20 bits per heavy atom. The van der Waals surface area contributed by atoms with Gasteiger partial charge in [-0.3, -0.25) is 14.4 Å². The SMILES string of the molecule is C=CCCCCOC(=O)[C@@H]1[C@H]2C(=O)N([C@@H](CO)C(C)C)C(C(=O)N(CC=C)c3ccc(OC)cc3)C23CC[C@@]1(C)S3. The molecule has 3 aliphatic heterocycles. The Labute approximate surface area is 248 Å². The zero-order valence-electron chi connectivity index (χ0n) is 24.7. The van der Waals surface area contributed by atoms with Gasteiger partial charge < -0.3 is 24.4 Å². The van der Waals surface area contributed by atoms with Crippen LogP contribution < -0.4 is 9.64 Å². The van der Waals surface area contributed by atoms with E-state index in [1.54, 1.807) is 46.9 Å². The topological polar surface area (TPSA) is 96.4 Å². The molecule has 8 nitrogen and oxygen atoms in total. The lowest BCUT2D eigenvalue weighted by Crippen LogP contribution is -2.58. The molecule has 1 aromatic carbocycles. The molecule has 3 saturated heterocycles. The zero-order chi connectivity index (χ0) is 29.9. The molecule has 2 bridgehead atoms. The second kappa shape index (κ2) is 12.6. The van der Waals surface area contributed by atoms with Crippen molar-refractivity contribution in [3.8, 4) is 5.75 Å². The van der Waals surface area contributed by atoms with Crippen molar-refractivity contribution in [3.63, 3.8) is 0 Å². The van der Waals surface area contributed by atoms with Crippen LogP contribution in [0.25, 0.3) is 0 Å². The maximum absolute atomic E-state index is 14.7. The molecule has 1 N–H and O–H groups in total. The van der Waals surface area contributed by atoms with E-state index in [1.807, 2.05) is 39.0 Å². The zero-order valence-corrected chi connectivity index (χ0v) is 25.5. The minimum atomic E-state index is -0.848. The number of anilines is 1. The van der Waals surface area contributed by atoms with Crippen molar-refractivity contribution in [2.75, 3.05) is 31.8 Å². The van der Waals surface area contributed by atoms with Crippen LogP contribution in [-0.4, -0.2) is 76.2 Å². The molecule has 0 saturated carbocycles. The molecule has 4 rings (SSSR count). The summed E-state index contributed by atoms with van der Waals surface area (Å²) in [6.45, 7) is 13.8. The van der Waals surface area contributed by atoms with E-state index in [4.69, 9.17) is 9.47 Å². The lowest BCUT2D eigenvalue weighted by molar-refractivity contribution is -0.156. The standard InChI is InChI=1S/C32H44N2O6S/c1-7-9-10-11-19-40-30(38)26-25-28(36)34(24(20-35)21(3)4)27(32(25)17-16-31(26,5)41-32)29(37)33(18-8-2)22-12-14-23(39-6)15-13-22/h7-8,12-15,21,24-27,35H,1-2,9-11,16-20H2,3-6H3/t24-,25-,26-,27?,31+,32?/m0/s1. The highest BCUT2D eigenvalue weighted by Gasteiger charge is 2.78. The van der Waals surface area contributed by atoms with Crippen LogP contribution in [0.1, 0.15) is 52.9 Å². The number of thioether (sulfide) groups is 1. The van der Waals surface area contributed by atoms with Crippen molar-refractivity contribution in [1.29, 1.82) is 0 Å². The summed E-state index contributed by atoms with van der Waals surface area (Å²) in [7, 11) is 1.58. The summed E-state index contributed by atoms with van der Waals surface area (Å²) in [5.74, 6) is -1.64. The minimum Gasteiger partial charge on any atom is -0.497 e. The van der Waals surface area contributed by atoms with Gasteiger partial charge in [-0.25, -0.2) is 0 Å². The molecule has 0 aromatic heterocycles. The Kier molecular flexibility index (Phi) is 9.59. The number of nitrogens with zero attached hydrogens (tertiary/aromatic N) is 2. The van der Waals surface area contributed by atoms with Crippen molar-refractivity contribution in [2.45, 2.75) is 74.5 Å². The Bertz CT molecular complexity index is 1160. The number of carbonyl (C=O) groups is 3. The lowest BCUT2D eigenvalue weighted by atomic mass is 9.66. The first-order valence-electron chi connectivity index (χ1n) is 14.6. The predicted octanol–water partition coefficient (Wildman–Crippen LogP) is 4.61. The van der Waals surface area contributed by atoms with Crippen LogP contribution in [0.15, 0.2) is 49.6 Å². The summed E-state index contributed by atoms with van der Waals surface area (Å²) in [6, 6.07) is 5.80. The number of hydrogen-bond acceptors (Lipinski definition) is 7. The Balaban J connectivity index is 1.75. The second-order valence-corrected chi connectivity index (χ2v) is 13.8. The van der Waals surface area contributed by atoms with Gasteiger partial charge >= 0.3 is 5.97 Å². The number of hydrogen-bond donors (Lipinski definition) is 1. The molecule has 224 valence electrons.